The Morgan fingerprint density at radius 3 is 2.50 bits per heavy atom. The second kappa shape index (κ2) is 6.38. The van der Waals surface area contributed by atoms with E-state index in [0.717, 1.165) is 15.9 Å². The average molecular weight is 334 g/mol. The van der Waals surface area contributed by atoms with Gasteiger partial charge in [-0.25, -0.2) is 0 Å². The Morgan fingerprint density at radius 1 is 1.44 bits per heavy atom. The van der Waals surface area contributed by atoms with Crippen LogP contribution >= 0.6 is 27.5 Å². The first kappa shape index (κ1) is 16.0. The van der Waals surface area contributed by atoms with Gasteiger partial charge in [-0.1, -0.05) is 24.6 Å². The maximum atomic E-state index is 6.03. The molecule has 1 unspecified atom stereocenters. The zero-order chi connectivity index (χ0) is 13.9. The van der Waals surface area contributed by atoms with E-state index in [9.17, 15) is 0 Å². The Hall–Kier alpha value is -0.0900. The van der Waals surface area contributed by atoms with Crippen LogP contribution in [0.15, 0.2) is 22.7 Å². The van der Waals surface area contributed by atoms with Crippen LogP contribution in [0.1, 0.15) is 38.8 Å². The Kier molecular flexibility index (Phi) is 5.66. The van der Waals surface area contributed by atoms with Crippen LogP contribution in [-0.2, 0) is 0 Å². The van der Waals surface area contributed by atoms with Gasteiger partial charge in [-0.2, -0.15) is 0 Å². The molecular weight excluding hydrogens is 312 g/mol. The number of nitrogens with two attached hydrogens (primary N) is 1. The van der Waals surface area contributed by atoms with Crippen molar-refractivity contribution < 1.29 is 0 Å². The van der Waals surface area contributed by atoms with Crippen LogP contribution < -0.4 is 5.73 Å². The van der Waals surface area contributed by atoms with E-state index in [1.165, 1.54) is 5.56 Å². The molecule has 0 radical (unpaired) electrons. The number of nitrogens with zero attached hydrogens (tertiary/aromatic N) is 1. The zero-order valence-electron chi connectivity index (χ0n) is 11.5. The molecule has 0 saturated heterocycles. The van der Waals surface area contributed by atoms with Crippen molar-refractivity contribution in [2.24, 2.45) is 5.73 Å². The lowest BCUT2D eigenvalue weighted by molar-refractivity contribution is 0.100. The summed E-state index contributed by atoms with van der Waals surface area (Å²) in [4.78, 5) is 2.34. The van der Waals surface area contributed by atoms with Crippen molar-refractivity contribution in [3.05, 3.63) is 33.3 Å². The molecule has 0 spiro atoms. The van der Waals surface area contributed by atoms with Gasteiger partial charge in [-0.05, 0) is 60.9 Å². The van der Waals surface area contributed by atoms with Crippen LogP contribution in [-0.4, -0.2) is 24.0 Å². The van der Waals surface area contributed by atoms with Gasteiger partial charge in [0.2, 0.25) is 0 Å². The first-order chi connectivity index (χ1) is 8.33. The molecule has 0 aliphatic rings. The first-order valence-corrected chi connectivity index (χ1v) is 7.38. The molecule has 2 nitrogen and oxygen atoms in total. The highest BCUT2D eigenvalue weighted by Gasteiger charge is 2.28. The van der Waals surface area contributed by atoms with Crippen molar-refractivity contribution in [1.29, 1.82) is 0 Å². The number of likely N-dealkylation sites (N-methyl/N-ethyl adjacent to an activating group) is 1. The predicted molar refractivity (Wildman–Crippen MR) is 83.1 cm³/mol. The summed E-state index contributed by atoms with van der Waals surface area (Å²) >= 11 is 9.50. The molecule has 0 bridgehead atoms. The van der Waals surface area contributed by atoms with Crippen LogP contribution in [0.3, 0.4) is 0 Å². The molecule has 0 amide bonds. The minimum atomic E-state index is 0.121. The van der Waals surface area contributed by atoms with E-state index in [0.29, 0.717) is 6.54 Å². The van der Waals surface area contributed by atoms with E-state index in [-0.39, 0.29) is 11.6 Å². The minimum Gasteiger partial charge on any atom is -0.329 e. The number of hydrogen-bond acceptors (Lipinski definition) is 2. The fourth-order valence-corrected chi connectivity index (χ4v) is 2.42. The quantitative estimate of drug-likeness (QED) is 0.874. The van der Waals surface area contributed by atoms with Crippen molar-refractivity contribution in [2.75, 3.05) is 13.6 Å². The first-order valence-electron chi connectivity index (χ1n) is 6.21. The predicted octanol–water partition coefficient (Wildman–Crippen LogP) is 4.22. The third kappa shape index (κ3) is 3.47. The third-order valence-corrected chi connectivity index (χ3v) is 5.05. The lowest BCUT2D eigenvalue weighted by atomic mass is 9.95. The standard InChI is InChI=1S/C14H22BrClN2/c1-5-14(2,3)18(4)13(9-17)10-6-7-12(16)11(15)8-10/h6-8,13H,5,9,17H2,1-4H3. The van der Waals surface area contributed by atoms with Crippen LogP contribution in [0.2, 0.25) is 5.02 Å². The van der Waals surface area contributed by atoms with E-state index in [1.807, 2.05) is 12.1 Å². The molecule has 0 fully saturated rings. The number of hydrogen-bond donors (Lipinski definition) is 1. The van der Waals surface area contributed by atoms with E-state index in [2.05, 4.69) is 54.7 Å². The lowest BCUT2D eigenvalue weighted by Gasteiger charge is -2.40. The molecule has 0 heterocycles. The molecule has 1 atom stereocenters. The van der Waals surface area contributed by atoms with Gasteiger partial charge in [-0.3, -0.25) is 4.90 Å². The summed E-state index contributed by atoms with van der Waals surface area (Å²) < 4.78 is 0.919. The summed E-state index contributed by atoms with van der Waals surface area (Å²) in [5, 5.41) is 0.729. The Balaban J connectivity index is 3.06. The zero-order valence-corrected chi connectivity index (χ0v) is 13.8. The van der Waals surface area contributed by atoms with Crippen LogP contribution in [0.4, 0.5) is 0 Å². The normalized spacial score (nSPS) is 14.0. The van der Waals surface area contributed by atoms with Gasteiger partial charge in [0.1, 0.15) is 0 Å². The number of rotatable bonds is 5. The Bertz CT molecular complexity index is 407. The molecular formula is C14H22BrClN2. The fourth-order valence-electron chi connectivity index (χ4n) is 1.91. The molecule has 0 aromatic heterocycles. The summed E-state index contributed by atoms with van der Waals surface area (Å²) in [6.07, 6.45) is 1.08. The molecule has 1 aromatic rings. The monoisotopic (exact) mass is 332 g/mol. The topological polar surface area (TPSA) is 29.3 Å². The van der Waals surface area contributed by atoms with Crippen LogP contribution in [0.5, 0.6) is 0 Å². The average Bonchev–Trinajstić information content (AvgIpc) is 2.34. The van der Waals surface area contributed by atoms with Gasteiger partial charge < -0.3 is 5.73 Å². The minimum absolute atomic E-state index is 0.121. The summed E-state index contributed by atoms with van der Waals surface area (Å²) in [5.74, 6) is 0. The highest BCUT2D eigenvalue weighted by molar-refractivity contribution is 9.10. The van der Waals surface area contributed by atoms with Crippen LogP contribution in [0, 0.1) is 0 Å². The summed E-state index contributed by atoms with van der Waals surface area (Å²) in [5.41, 5.74) is 7.27. The van der Waals surface area contributed by atoms with Crippen molar-refractivity contribution in [2.45, 2.75) is 38.8 Å². The van der Waals surface area contributed by atoms with E-state index < -0.39 is 0 Å². The summed E-state index contributed by atoms with van der Waals surface area (Å²) in [7, 11) is 2.13. The molecule has 102 valence electrons. The van der Waals surface area contributed by atoms with E-state index in [1.54, 1.807) is 0 Å². The van der Waals surface area contributed by atoms with Gasteiger partial charge in [0.25, 0.3) is 0 Å². The summed E-state index contributed by atoms with van der Waals surface area (Å²) in [6, 6.07) is 6.22. The van der Waals surface area contributed by atoms with Crippen molar-refractivity contribution >= 4 is 27.5 Å². The highest BCUT2D eigenvalue weighted by Crippen LogP contribution is 2.31. The van der Waals surface area contributed by atoms with Crippen molar-refractivity contribution in [1.82, 2.24) is 4.90 Å². The molecule has 1 aromatic carbocycles. The lowest BCUT2D eigenvalue weighted by Crippen LogP contribution is -2.45. The maximum absolute atomic E-state index is 6.03. The number of halogens is 2. The Morgan fingerprint density at radius 2 is 2.06 bits per heavy atom. The largest absolute Gasteiger partial charge is 0.329 e. The fraction of sp³-hybridized carbons (Fsp3) is 0.571. The second-order valence-electron chi connectivity index (χ2n) is 5.20. The molecule has 4 heteroatoms. The molecule has 0 saturated carbocycles. The van der Waals surface area contributed by atoms with Gasteiger partial charge in [-0.15, -0.1) is 0 Å². The molecule has 2 N–H and O–H groups in total. The second-order valence-corrected chi connectivity index (χ2v) is 6.46. The molecule has 18 heavy (non-hydrogen) atoms. The van der Waals surface area contributed by atoms with Gasteiger partial charge >= 0.3 is 0 Å². The van der Waals surface area contributed by atoms with E-state index >= 15 is 0 Å². The van der Waals surface area contributed by atoms with Gasteiger partial charge in [0.15, 0.2) is 0 Å². The van der Waals surface area contributed by atoms with Crippen molar-refractivity contribution in [3.8, 4) is 0 Å². The molecule has 0 aliphatic heterocycles. The molecule has 1 rings (SSSR count). The Labute approximate surface area is 124 Å². The summed E-state index contributed by atoms with van der Waals surface area (Å²) in [6.45, 7) is 7.26. The van der Waals surface area contributed by atoms with E-state index in [4.69, 9.17) is 17.3 Å². The maximum Gasteiger partial charge on any atom is 0.0548 e. The van der Waals surface area contributed by atoms with Gasteiger partial charge in [0.05, 0.1) is 5.02 Å². The smallest absolute Gasteiger partial charge is 0.0548 e. The van der Waals surface area contributed by atoms with Gasteiger partial charge in [0, 0.05) is 22.6 Å². The van der Waals surface area contributed by atoms with Crippen LogP contribution in [0.25, 0.3) is 0 Å². The third-order valence-electron chi connectivity index (χ3n) is 3.84. The molecule has 0 aliphatic carbocycles. The SMILES string of the molecule is CCC(C)(C)N(C)C(CN)c1ccc(Cl)c(Br)c1. The number of benzene rings is 1. The van der Waals surface area contributed by atoms with Crippen molar-refractivity contribution in [3.63, 3.8) is 0 Å². The highest BCUT2D eigenvalue weighted by atomic mass is 79.9.